The topological polar surface area (TPSA) is 42.5 Å². The van der Waals surface area contributed by atoms with E-state index in [2.05, 4.69) is 10.6 Å². The van der Waals surface area contributed by atoms with Crippen molar-refractivity contribution in [3.8, 4) is 23.0 Å². The molecule has 0 amide bonds. The van der Waals surface area contributed by atoms with Crippen LogP contribution in [0.4, 0.5) is 11.4 Å². The van der Waals surface area contributed by atoms with Crippen LogP contribution in [-0.2, 0) is 0 Å². The predicted octanol–water partition coefficient (Wildman–Crippen LogP) is 7.08. The van der Waals surface area contributed by atoms with Crippen molar-refractivity contribution in [1.29, 1.82) is 0 Å². The van der Waals surface area contributed by atoms with Gasteiger partial charge in [0.25, 0.3) is 0 Å². The van der Waals surface area contributed by atoms with Crippen LogP contribution in [0.1, 0.15) is 0 Å². The molecule has 4 aromatic rings. The first-order valence-electron chi connectivity index (χ1n) is 9.48. The zero-order valence-electron chi connectivity index (χ0n) is 16.1. The molecule has 2 N–H and O–H groups in total. The van der Waals surface area contributed by atoms with Crippen LogP contribution in [0.2, 0.25) is 0 Å². The predicted molar refractivity (Wildman–Crippen MR) is 126 cm³/mol. The number of thiocarbonyl (C=S) groups is 1. The molecule has 0 unspecified atom stereocenters. The summed E-state index contributed by atoms with van der Waals surface area (Å²) in [6.07, 6.45) is 0. The lowest BCUT2D eigenvalue weighted by Crippen LogP contribution is -2.18. The fraction of sp³-hybridized carbons (Fsp3) is 0. The molecule has 148 valence electrons. The summed E-state index contributed by atoms with van der Waals surface area (Å²) < 4.78 is 11.6. The molecule has 4 rings (SSSR count). The van der Waals surface area contributed by atoms with Gasteiger partial charge in [0.15, 0.2) is 5.11 Å². The van der Waals surface area contributed by atoms with Crippen molar-refractivity contribution in [2.75, 3.05) is 10.6 Å². The van der Waals surface area contributed by atoms with Crippen LogP contribution < -0.4 is 20.1 Å². The molecule has 0 aliphatic carbocycles. The van der Waals surface area contributed by atoms with Crippen molar-refractivity contribution >= 4 is 28.7 Å². The quantitative estimate of drug-likeness (QED) is 0.331. The van der Waals surface area contributed by atoms with Crippen LogP contribution >= 0.6 is 12.2 Å². The maximum Gasteiger partial charge on any atom is 0.175 e. The summed E-state index contributed by atoms with van der Waals surface area (Å²) >= 11 is 5.41. The van der Waals surface area contributed by atoms with Gasteiger partial charge in [-0.25, -0.2) is 0 Å². The lowest BCUT2D eigenvalue weighted by atomic mass is 10.3. The maximum absolute atomic E-state index is 5.80. The van der Waals surface area contributed by atoms with E-state index in [9.17, 15) is 0 Å². The number of anilines is 2. The second kappa shape index (κ2) is 9.58. The second-order valence-corrected chi connectivity index (χ2v) is 6.87. The standard InChI is InChI=1S/C25H20N2O2S/c30-25(26-19-11-15-23(16-12-19)28-21-7-3-1-4-8-21)27-20-13-17-24(18-14-20)29-22-9-5-2-6-10-22/h1-18H,(H2,26,27,30). The largest absolute Gasteiger partial charge is 0.457 e. The Morgan fingerprint density at radius 1 is 0.467 bits per heavy atom. The highest BCUT2D eigenvalue weighted by Crippen LogP contribution is 2.24. The van der Waals surface area contributed by atoms with Gasteiger partial charge in [-0.15, -0.1) is 0 Å². The minimum Gasteiger partial charge on any atom is -0.457 e. The lowest BCUT2D eigenvalue weighted by Gasteiger charge is -2.12. The molecule has 5 heteroatoms. The van der Waals surface area contributed by atoms with Crippen molar-refractivity contribution < 1.29 is 9.47 Å². The first kappa shape index (κ1) is 19.5. The van der Waals surface area contributed by atoms with E-state index in [0.717, 1.165) is 34.4 Å². The molecular weight excluding hydrogens is 392 g/mol. The van der Waals surface area contributed by atoms with E-state index < -0.39 is 0 Å². The minimum absolute atomic E-state index is 0.503. The van der Waals surface area contributed by atoms with Gasteiger partial charge in [0, 0.05) is 11.4 Å². The Bertz CT molecular complexity index is 995. The van der Waals surface area contributed by atoms with E-state index in [-0.39, 0.29) is 0 Å². The summed E-state index contributed by atoms with van der Waals surface area (Å²) in [6.45, 7) is 0. The normalized spacial score (nSPS) is 10.1. The van der Waals surface area contributed by atoms with E-state index in [0.29, 0.717) is 5.11 Å². The molecular formula is C25H20N2O2S. The van der Waals surface area contributed by atoms with E-state index in [1.165, 1.54) is 0 Å². The number of hydrogen-bond acceptors (Lipinski definition) is 3. The summed E-state index contributed by atoms with van der Waals surface area (Å²) in [5.41, 5.74) is 1.74. The Labute approximate surface area is 181 Å². The SMILES string of the molecule is S=C(Nc1ccc(Oc2ccccc2)cc1)Nc1ccc(Oc2ccccc2)cc1. The Balaban J connectivity index is 1.30. The van der Waals surface area contributed by atoms with Crippen LogP contribution in [0.3, 0.4) is 0 Å². The monoisotopic (exact) mass is 412 g/mol. The van der Waals surface area contributed by atoms with Gasteiger partial charge in [0.2, 0.25) is 0 Å². The van der Waals surface area contributed by atoms with Crippen molar-refractivity contribution in [2.45, 2.75) is 0 Å². The molecule has 0 aliphatic rings. The zero-order chi connectivity index (χ0) is 20.6. The van der Waals surface area contributed by atoms with Crippen LogP contribution in [0.25, 0.3) is 0 Å². The average molecular weight is 413 g/mol. The molecule has 0 saturated heterocycles. The third-order valence-electron chi connectivity index (χ3n) is 4.18. The fourth-order valence-corrected chi connectivity index (χ4v) is 2.99. The van der Waals surface area contributed by atoms with Crippen LogP contribution in [-0.4, -0.2) is 5.11 Å². The summed E-state index contributed by atoms with van der Waals surface area (Å²) in [6, 6.07) is 34.6. The minimum atomic E-state index is 0.503. The third kappa shape index (κ3) is 5.59. The van der Waals surface area contributed by atoms with Gasteiger partial charge in [-0.3, -0.25) is 0 Å². The highest BCUT2D eigenvalue weighted by molar-refractivity contribution is 7.80. The molecule has 0 aromatic heterocycles. The van der Waals surface area contributed by atoms with E-state index in [4.69, 9.17) is 21.7 Å². The summed E-state index contributed by atoms with van der Waals surface area (Å²) in [5, 5.41) is 6.84. The van der Waals surface area contributed by atoms with Crippen molar-refractivity contribution in [1.82, 2.24) is 0 Å². The van der Waals surface area contributed by atoms with Crippen molar-refractivity contribution in [3.05, 3.63) is 109 Å². The number of nitrogens with one attached hydrogen (secondary N) is 2. The first-order chi connectivity index (χ1) is 14.7. The Morgan fingerprint density at radius 2 is 0.800 bits per heavy atom. The van der Waals surface area contributed by atoms with Crippen molar-refractivity contribution in [3.63, 3.8) is 0 Å². The van der Waals surface area contributed by atoms with Crippen LogP contribution in [0, 0.1) is 0 Å². The number of rotatable bonds is 6. The average Bonchev–Trinajstić information content (AvgIpc) is 2.78. The third-order valence-corrected chi connectivity index (χ3v) is 4.39. The molecule has 0 spiro atoms. The van der Waals surface area contributed by atoms with E-state index >= 15 is 0 Å². The van der Waals surface area contributed by atoms with Gasteiger partial charge >= 0.3 is 0 Å². The summed E-state index contributed by atoms with van der Waals surface area (Å²) in [4.78, 5) is 0. The molecule has 0 bridgehead atoms. The number of benzene rings is 4. The molecule has 0 heterocycles. The summed E-state index contributed by atoms with van der Waals surface area (Å²) in [7, 11) is 0. The van der Waals surface area contributed by atoms with Gasteiger partial charge in [0.05, 0.1) is 0 Å². The Hall–Kier alpha value is -3.83. The lowest BCUT2D eigenvalue weighted by molar-refractivity contribution is 0.482. The molecule has 0 aliphatic heterocycles. The van der Waals surface area contributed by atoms with E-state index in [1.54, 1.807) is 0 Å². The van der Waals surface area contributed by atoms with Gasteiger partial charge in [-0.05, 0) is 85.0 Å². The van der Waals surface area contributed by atoms with Gasteiger partial charge in [-0.1, -0.05) is 36.4 Å². The zero-order valence-corrected chi connectivity index (χ0v) is 16.9. The van der Waals surface area contributed by atoms with Crippen molar-refractivity contribution in [2.24, 2.45) is 0 Å². The van der Waals surface area contributed by atoms with Crippen LogP contribution in [0.5, 0.6) is 23.0 Å². The van der Waals surface area contributed by atoms with E-state index in [1.807, 2.05) is 109 Å². The van der Waals surface area contributed by atoms with Gasteiger partial charge in [-0.2, -0.15) is 0 Å². The molecule has 0 radical (unpaired) electrons. The summed E-state index contributed by atoms with van der Waals surface area (Å²) in [5.74, 6) is 3.13. The van der Waals surface area contributed by atoms with Gasteiger partial charge < -0.3 is 20.1 Å². The molecule has 30 heavy (non-hydrogen) atoms. The smallest absolute Gasteiger partial charge is 0.175 e. The number of hydrogen-bond donors (Lipinski definition) is 2. The molecule has 0 saturated carbocycles. The highest BCUT2D eigenvalue weighted by Gasteiger charge is 2.02. The Morgan fingerprint density at radius 3 is 1.17 bits per heavy atom. The highest BCUT2D eigenvalue weighted by atomic mass is 32.1. The fourth-order valence-electron chi connectivity index (χ4n) is 2.76. The van der Waals surface area contributed by atoms with Crippen LogP contribution in [0.15, 0.2) is 109 Å². The molecule has 4 aromatic carbocycles. The first-order valence-corrected chi connectivity index (χ1v) is 9.89. The molecule has 0 atom stereocenters. The number of para-hydroxylation sites is 2. The maximum atomic E-state index is 5.80. The number of ether oxygens (including phenoxy) is 2. The Kier molecular flexibility index (Phi) is 6.22. The second-order valence-electron chi connectivity index (χ2n) is 6.46. The molecule has 4 nitrogen and oxygen atoms in total. The molecule has 0 fully saturated rings. The van der Waals surface area contributed by atoms with Gasteiger partial charge in [0.1, 0.15) is 23.0 Å².